The number of nitrogens with one attached hydrogen (secondary N) is 1. The van der Waals surface area contributed by atoms with Crippen molar-refractivity contribution in [3.63, 3.8) is 0 Å². The van der Waals surface area contributed by atoms with E-state index in [1.165, 1.54) is 16.7 Å². The number of benzene rings is 2. The number of para-hydroxylation sites is 1. The number of hydrogen-bond acceptors (Lipinski definition) is 3. The number of anilines is 1. The molecule has 1 unspecified atom stereocenters. The van der Waals surface area contributed by atoms with Crippen molar-refractivity contribution in [1.29, 1.82) is 0 Å². The highest BCUT2D eigenvalue weighted by molar-refractivity contribution is 5.89. The zero-order valence-corrected chi connectivity index (χ0v) is 18.1. The highest BCUT2D eigenvalue weighted by atomic mass is 19.4. The number of aromatic nitrogens is 2. The van der Waals surface area contributed by atoms with Crippen molar-refractivity contribution < 1.29 is 18.0 Å². The van der Waals surface area contributed by atoms with Gasteiger partial charge in [-0.25, -0.2) is 9.78 Å². The number of nitrogens with zero attached hydrogens (tertiary/aromatic N) is 3. The van der Waals surface area contributed by atoms with Gasteiger partial charge in [-0.15, -0.1) is 0 Å². The van der Waals surface area contributed by atoms with Crippen LogP contribution in [0.3, 0.4) is 0 Å². The molecule has 1 atom stereocenters. The average Bonchev–Trinajstić information content (AvgIpc) is 2.76. The number of amides is 2. The summed E-state index contributed by atoms with van der Waals surface area (Å²) in [7, 11) is 1.62. The van der Waals surface area contributed by atoms with E-state index in [2.05, 4.69) is 10.3 Å². The summed E-state index contributed by atoms with van der Waals surface area (Å²) in [6.45, 7) is 4.19. The molecule has 0 aliphatic heterocycles. The average molecular weight is 446 g/mol. The van der Waals surface area contributed by atoms with Crippen LogP contribution in [0.4, 0.5) is 23.7 Å². The third kappa shape index (κ3) is 4.76. The minimum atomic E-state index is -4.45. The second-order valence-electron chi connectivity index (χ2n) is 7.47. The van der Waals surface area contributed by atoms with Crippen LogP contribution >= 0.6 is 0 Å². The van der Waals surface area contributed by atoms with E-state index >= 15 is 0 Å². The molecular weight excluding hydrogens is 421 g/mol. The molecule has 32 heavy (non-hydrogen) atoms. The largest absolute Gasteiger partial charge is 0.416 e. The van der Waals surface area contributed by atoms with Crippen LogP contribution in [-0.2, 0) is 13.2 Å². The Morgan fingerprint density at radius 2 is 1.78 bits per heavy atom. The topological polar surface area (TPSA) is 67.2 Å². The van der Waals surface area contributed by atoms with Crippen molar-refractivity contribution in [2.75, 3.05) is 11.9 Å². The molecule has 0 spiro atoms. The van der Waals surface area contributed by atoms with Gasteiger partial charge in [-0.3, -0.25) is 9.36 Å². The Kier molecular flexibility index (Phi) is 6.86. The first-order valence-corrected chi connectivity index (χ1v) is 10.4. The summed E-state index contributed by atoms with van der Waals surface area (Å²) in [5.41, 5.74) is -0.200. The van der Waals surface area contributed by atoms with Gasteiger partial charge in [-0.05, 0) is 49.2 Å². The molecule has 1 aromatic heterocycles. The van der Waals surface area contributed by atoms with Gasteiger partial charge in [-0.2, -0.15) is 13.2 Å². The van der Waals surface area contributed by atoms with E-state index in [0.29, 0.717) is 36.1 Å². The minimum absolute atomic E-state index is 0.205. The maximum atomic E-state index is 13.1. The van der Waals surface area contributed by atoms with Gasteiger partial charge >= 0.3 is 12.2 Å². The van der Waals surface area contributed by atoms with Crippen LogP contribution in [0.25, 0.3) is 10.9 Å². The van der Waals surface area contributed by atoms with Crippen molar-refractivity contribution in [1.82, 2.24) is 14.5 Å². The molecule has 2 amide bonds. The predicted molar refractivity (Wildman–Crippen MR) is 117 cm³/mol. The molecule has 6 nitrogen and oxygen atoms in total. The Balaban J connectivity index is 1.94. The number of hydrogen-bond donors (Lipinski definition) is 1. The Hall–Kier alpha value is -3.36. The maximum Gasteiger partial charge on any atom is 0.416 e. The smallest absolute Gasteiger partial charge is 0.314 e. The van der Waals surface area contributed by atoms with E-state index in [4.69, 9.17) is 0 Å². The molecule has 3 aromatic rings. The highest BCUT2D eigenvalue weighted by Gasteiger charge is 2.30. The van der Waals surface area contributed by atoms with Crippen LogP contribution in [0.5, 0.6) is 0 Å². The van der Waals surface area contributed by atoms with Gasteiger partial charge in [0, 0.05) is 19.3 Å². The number of fused-ring (bicyclic) bond motifs is 1. The van der Waals surface area contributed by atoms with Gasteiger partial charge in [0.25, 0.3) is 5.56 Å². The van der Waals surface area contributed by atoms with Crippen LogP contribution in [0.2, 0.25) is 0 Å². The molecule has 2 aromatic carbocycles. The summed E-state index contributed by atoms with van der Waals surface area (Å²) in [4.78, 5) is 32.1. The Morgan fingerprint density at radius 1 is 1.12 bits per heavy atom. The van der Waals surface area contributed by atoms with E-state index < -0.39 is 23.8 Å². The number of carbonyl (C=O) groups excluding carboxylic acids is 1. The lowest BCUT2D eigenvalue weighted by atomic mass is 10.1. The van der Waals surface area contributed by atoms with E-state index in [0.717, 1.165) is 12.1 Å². The Morgan fingerprint density at radius 3 is 2.38 bits per heavy atom. The van der Waals surface area contributed by atoms with Crippen LogP contribution in [0.1, 0.15) is 44.1 Å². The highest BCUT2D eigenvalue weighted by Crippen LogP contribution is 2.30. The Bertz CT molecular complexity index is 1160. The summed E-state index contributed by atoms with van der Waals surface area (Å²) in [5.74, 6) is 0.451. The van der Waals surface area contributed by atoms with Crippen LogP contribution in [0, 0.1) is 0 Å². The van der Waals surface area contributed by atoms with Crippen molar-refractivity contribution in [3.05, 3.63) is 70.3 Å². The fourth-order valence-electron chi connectivity index (χ4n) is 3.65. The zero-order valence-electron chi connectivity index (χ0n) is 18.1. The number of alkyl halides is 3. The third-order valence-corrected chi connectivity index (χ3v) is 5.27. The first kappa shape index (κ1) is 23.3. The van der Waals surface area contributed by atoms with Gasteiger partial charge in [-0.1, -0.05) is 26.0 Å². The molecule has 0 saturated carbocycles. The molecular formula is C23H25F3N4O2. The molecule has 0 aliphatic carbocycles. The molecule has 0 radical (unpaired) electrons. The van der Waals surface area contributed by atoms with Crippen molar-refractivity contribution in [2.45, 2.75) is 38.9 Å². The van der Waals surface area contributed by atoms with E-state index in [1.54, 1.807) is 36.2 Å². The Labute approximate surface area is 183 Å². The summed E-state index contributed by atoms with van der Waals surface area (Å²) < 4.78 is 39.9. The predicted octanol–water partition coefficient (Wildman–Crippen LogP) is 5.35. The molecule has 0 fully saturated rings. The molecule has 0 saturated heterocycles. The first-order chi connectivity index (χ1) is 15.2. The lowest BCUT2D eigenvalue weighted by Gasteiger charge is -2.31. The normalized spacial score (nSPS) is 12.6. The van der Waals surface area contributed by atoms with Gasteiger partial charge in [0.05, 0.1) is 22.5 Å². The van der Waals surface area contributed by atoms with E-state index in [9.17, 15) is 22.8 Å². The molecule has 0 bridgehead atoms. The second-order valence-corrected chi connectivity index (χ2v) is 7.47. The van der Waals surface area contributed by atoms with E-state index in [-0.39, 0.29) is 11.2 Å². The summed E-state index contributed by atoms with van der Waals surface area (Å²) in [5, 5.41) is 3.16. The second kappa shape index (κ2) is 9.42. The lowest BCUT2D eigenvalue weighted by molar-refractivity contribution is -0.137. The summed E-state index contributed by atoms with van der Waals surface area (Å²) in [6.07, 6.45) is -3.30. The number of halogens is 3. The fraction of sp³-hybridized carbons (Fsp3) is 0.348. The first-order valence-electron chi connectivity index (χ1n) is 10.4. The van der Waals surface area contributed by atoms with Crippen LogP contribution < -0.4 is 10.9 Å². The van der Waals surface area contributed by atoms with Gasteiger partial charge in [0.15, 0.2) is 0 Å². The summed E-state index contributed by atoms with van der Waals surface area (Å²) in [6, 6.07) is 10.3. The van der Waals surface area contributed by atoms with Gasteiger partial charge < -0.3 is 10.2 Å². The monoisotopic (exact) mass is 446 g/mol. The maximum absolute atomic E-state index is 13.1. The van der Waals surface area contributed by atoms with Gasteiger partial charge in [0.2, 0.25) is 0 Å². The van der Waals surface area contributed by atoms with Crippen molar-refractivity contribution in [2.24, 2.45) is 7.05 Å². The van der Waals surface area contributed by atoms with Crippen LogP contribution in [-0.4, -0.2) is 27.0 Å². The molecule has 1 heterocycles. The summed E-state index contributed by atoms with van der Waals surface area (Å²) >= 11 is 0. The quantitative estimate of drug-likeness (QED) is 0.555. The van der Waals surface area contributed by atoms with Crippen LogP contribution in [0.15, 0.2) is 53.3 Å². The van der Waals surface area contributed by atoms with E-state index in [1.807, 2.05) is 13.8 Å². The lowest BCUT2D eigenvalue weighted by Crippen LogP contribution is -2.41. The number of carbonyl (C=O) groups is 1. The van der Waals surface area contributed by atoms with Crippen molar-refractivity contribution >= 4 is 22.6 Å². The number of rotatable bonds is 6. The standard InChI is InChI=1S/C23H25F3N4O2/c1-4-14-30(22(32)27-16-12-10-15(11-13-16)23(24,25)26)19(5-2)20-28-18-9-7-6-8-17(18)21(31)29(20)3/h6-13,19H,4-5,14H2,1-3H3,(H,27,32). The molecule has 1 N–H and O–H groups in total. The SMILES string of the molecule is CCCN(C(=O)Nc1ccc(C(F)(F)F)cc1)C(CC)c1nc2ccccc2c(=O)n1C. The van der Waals surface area contributed by atoms with Gasteiger partial charge in [0.1, 0.15) is 5.82 Å². The third-order valence-electron chi connectivity index (χ3n) is 5.27. The fourth-order valence-corrected chi connectivity index (χ4v) is 3.65. The number of urea groups is 1. The molecule has 0 aliphatic rings. The minimum Gasteiger partial charge on any atom is -0.314 e. The zero-order chi connectivity index (χ0) is 23.5. The molecule has 170 valence electrons. The molecule has 9 heteroatoms. The van der Waals surface area contributed by atoms with Crippen molar-refractivity contribution in [3.8, 4) is 0 Å². The molecule has 3 rings (SSSR count).